The Labute approximate surface area is 120 Å². The maximum atomic E-state index is 12.9. The zero-order valence-corrected chi connectivity index (χ0v) is 11.3. The largest absolute Gasteiger partial charge is 0.364 e. The molecule has 1 aliphatic carbocycles. The van der Waals surface area contributed by atoms with Gasteiger partial charge in [0.25, 0.3) is 5.91 Å². The number of halogens is 1. The van der Waals surface area contributed by atoms with Gasteiger partial charge >= 0.3 is 0 Å². The van der Waals surface area contributed by atoms with E-state index < -0.39 is 5.91 Å². The van der Waals surface area contributed by atoms with Gasteiger partial charge < -0.3 is 5.73 Å². The first-order valence-corrected chi connectivity index (χ1v) is 6.73. The number of carbonyl (C=O) groups is 2. The minimum Gasteiger partial charge on any atom is -0.364 e. The Morgan fingerprint density at radius 2 is 2.00 bits per heavy atom. The van der Waals surface area contributed by atoms with Gasteiger partial charge in [0.15, 0.2) is 11.5 Å². The Morgan fingerprint density at radius 1 is 1.29 bits per heavy atom. The molecule has 0 saturated carbocycles. The van der Waals surface area contributed by atoms with Gasteiger partial charge in [-0.15, -0.1) is 0 Å². The third-order valence-electron chi connectivity index (χ3n) is 3.63. The van der Waals surface area contributed by atoms with Gasteiger partial charge in [0.05, 0.1) is 17.8 Å². The first kappa shape index (κ1) is 13.5. The van der Waals surface area contributed by atoms with Gasteiger partial charge in [-0.05, 0) is 30.5 Å². The van der Waals surface area contributed by atoms with E-state index in [9.17, 15) is 14.0 Å². The molecule has 2 aromatic rings. The van der Waals surface area contributed by atoms with Crippen LogP contribution in [0.2, 0.25) is 0 Å². The van der Waals surface area contributed by atoms with Crippen molar-refractivity contribution in [2.45, 2.75) is 25.8 Å². The molecule has 0 bridgehead atoms. The summed E-state index contributed by atoms with van der Waals surface area (Å²) in [4.78, 5) is 23.5. The molecule has 0 atom stereocenters. The van der Waals surface area contributed by atoms with E-state index in [-0.39, 0.29) is 17.3 Å². The summed E-state index contributed by atoms with van der Waals surface area (Å²) in [5, 5.41) is 4.19. The number of carbonyl (C=O) groups excluding carboxylic acids is 2. The number of ketones is 1. The number of nitrogens with two attached hydrogens (primary N) is 1. The zero-order valence-electron chi connectivity index (χ0n) is 11.3. The highest BCUT2D eigenvalue weighted by molar-refractivity contribution is 6.07. The molecule has 1 amide bonds. The standard InChI is InChI=1S/C15H14FN3O2/c16-10-6-4-9(5-7-10)8-19-11-2-1-3-12(20)13(11)14(18-19)15(17)21/h4-7H,1-3,8H2,(H2,17,21). The molecular formula is C15H14FN3O2. The summed E-state index contributed by atoms with van der Waals surface area (Å²) in [5.41, 5.74) is 7.29. The van der Waals surface area contributed by atoms with Crippen molar-refractivity contribution in [2.75, 3.05) is 0 Å². The number of aromatic nitrogens is 2. The van der Waals surface area contributed by atoms with Crippen LogP contribution in [0.5, 0.6) is 0 Å². The number of Topliss-reactive ketones (excluding diaryl/α,β-unsaturated/α-hetero) is 1. The number of fused-ring (bicyclic) bond motifs is 1. The van der Waals surface area contributed by atoms with Crippen LogP contribution in [0.3, 0.4) is 0 Å². The molecule has 2 N–H and O–H groups in total. The first-order chi connectivity index (χ1) is 10.1. The lowest BCUT2D eigenvalue weighted by molar-refractivity contribution is 0.0948. The van der Waals surface area contributed by atoms with Gasteiger partial charge in [0.1, 0.15) is 5.82 Å². The molecule has 1 aromatic heterocycles. The molecule has 0 aliphatic heterocycles. The molecule has 3 rings (SSSR count). The lowest BCUT2D eigenvalue weighted by Crippen LogP contribution is -2.18. The number of primary amides is 1. The van der Waals surface area contributed by atoms with E-state index in [2.05, 4.69) is 5.10 Å². The van der Waals surface area contributed by atoms with Crippen molar-refractivity contribution in [1.82, 2.24) is 9.78 Å². The van der Waals surface area contributed by atoms with Crippen LogP contribution >= 0.6 is 0 Å². The van der Waals surface area contributed by atoms with Crippen LogP contribution in [0.15, 0.2) is 24.3 Å². The third-order valence-corrected chi connectivity index (χ3v) is 3.63. The number of nitrogens with zero attached hydrogens (tertiary/aromatic N) is 2. The number of rotatable bonds is 3. The molecule has 21 heavy (non-hydrogen) atoms. The second kappa shape index (κ2) is 5.12. The highest BCUT2D eigenvalue weighted by Gasteiger charge is 2.29. The van der Waals surface area contributed by atoms with Crippen LogP contribution in [0, 0.1) is 5.82 Å². The summed E-state index contributed by atoms with van der Waals surface area (Å²) in [5.74, 6) is -1.09. The maximum Gasteiger partial charge on any atom is 0.269 e. The van der Waals surface area contributed by atoms with Crippen molar-refractivity contribution < 1.29 is 14.0 Å². The van der Waals surface area contributed by atoms with E-state index >= 15 is 0 Å². The molecule has 0 spiro atoms. The van der Waals surface area contributed by atoms with Crippen LogP contribution in [0.25, 0.3) is 0 Å². The predicted octanol–water partition coefficient (Wildman–Crippen LogP) is 1.69. The van der Waals surface area contributed by atoms with Crippen molar-refractivity contribution in [3.8, 4) is 0 Å². The third kappa shape index (κ3) is 2.44. The smallest absolute Gasteiger partial charge is 0.269 e. The SMILES string of the molecule is NC(=O)c1nn(Cc2ccc(F)cc2)c2c1C(=O)CCC2. The van der Waals surface area contributed by atoms with E-state index in [0.717, 1.165) is 17.7 Å². The van der Waals surface area contributed by atoms with Crippen LogP contribution in [0.4, 0.5) is 4.39 Å². The average molecular weight is 287 g/mol. The Hall–Kier alpha value is -2.50. The van der Waals surface area contributed by atoms with Crippen LogP contribution in [0.1, 0.15) is 44.9 Å². The number of hydrogen-bond donors (Lipinski definition) is 1. The quantitative estimate of drug-likeness (QED) is 0.933. The monoisotopic (exact) mass is 287 g/mol. The van der Waals surface area contributed by atoms with Crippen molar-refractivity contribution in [2.24, 2.45) is 5.73 Å². The topological polar surface area (TPSA) is 78.0 Å². The minimum absolute atomic E-state index is 0.0387. The predicted molar refractivity (Wildman–Crippen MR) is 73.5 cm³/mol. The van der Waals surface area contributed by atoms with Gasteiger partial charge in [-0.3, -0.25) is 14.3 Å². The number of amides is 1. The van der Waals surface area contributed by atoms with Gasteiger partial charge in [-0.1, -0.05) is 12.1 Å². The van der Waals surface area contributed by atoms with E-state index in [4.69, 9.17) is 5.73 Å². The molecular weight excluding hydrogens is 273 g/mol. The maximum absolute atomic E-state index is 12.9. The molecule has 6 heteroatoms. The van der Waals surface area contributed by atoms with E-state index in [1.165, 1.54) is 12.1 Å². The Kier molecular flexibility index (Phi) is 3.29. The fourth-order valence-electron chi connectivity index (χ4n) is 2.65. The zero-order chi connectivity index (χ0) is 15.0. The molecule has 1 heterocycles. The van der Waals surface area contributed by atoms with Gasteiger partial charge in [-0.25, -0.2) is 4.39 Å². The van der Waals surface area contributed by atoms with Crippen LogP contribution < -0.4 is 5.73 Å². The van der Waals surface area contributed by atoms with Gasteiger partial charge in [-0.2, -0.15) is 5.10 Å². The highest BCUT2D eigenvalue weighted by Crippen LogP contribution is 2.25. The normalized spacial score (nSPS) is 14.0. The Bertz CT molecular complexity index is 719. The van der Waals surface area contributed by atoms with Gasteiger partial charge in [0, 0.05) is 6.42 Å². The van der Waals surface area contributed by atoms with E-state index in [1.807, 2.05) is 0 Å². The summed E-state index contributed by atoms with van der Waals surface area (Å²) in [6.45, 7) is 0.378. The fourth-order valence-corrected chi connectivity index (χ4v) is 2.65. The summed E-state index contributed by atoms with van der Waals surface area (Å²) in [6.07, 6.45) is 1.83. The van der Waals surface area contributed by atoms with Crippen molar-refractivity contribution in [1.29, 1.82) is 0 Å². The summed E-state index contributed by atoms with van der Waals surface area (Å²) >= 11 is 0. The lowest BCUT2D eigenvalue weighted by atomic mass is 9.94. The van der Waals surface area contributed by atoms with E-state index in [1.54, 1.807) is 16.8 Å². The molecule has 1 aromatic carbocycles. The van der Waals surface area contributed by atoms with E-state index in [0.29, 0.717) is 24.9 Å². The van der Waals surface area contributed by atoms with Crippen molar-refractivity contribution in [3.63, 3.8) is 0 Å². The molecule has 0 fully saturated rings. The molecule has 0 unspecified atom stereocenters. The summed E-state index contributed by atoms with van der Waals surface area (Å²) in [6, 6.07) is 6.03. The molecule has 1 aliphatic rings. The molecule has 5 nitrogen and oxygen atoms in total. The van der Waals surface area contributed by atoms with Crippen molar-refractivity contribution >= 4 is 11.7 Å². The molecule has 108 valence electrons. The minimum atomic E-state index is -0.695. The van der Waals surface area contributed by atoms with Crippen LogP contribution in [-0.2, 0) is 13.0 Å². The highest BCUT2D eigenvalue weighted by atomic mass is 19.1. The lowest BCUT2D eigenvalue weighted by Gasteiger charge is -2.13. The second-order valence-electron chi connectivity index (χ2n) is 5.10. The van der Waals surface area contributed by atoms with Crippen molar-refractivity contribution in [3.05, 3.63) is 52.6 Å². The average Bonchev–Trinajstić information content (AvgIpc) is 2.82. The summed E-state index contributed by atoms with van der Waals surface area (Å²) < 4.78 is 14.6. The molecule has 0 saturated heterocycles. The van der Waals surface area contributed by atoms with Gasteiger partial charge in [0.2, 0.25) is 0 Å². The Morgan fingerprint density at radius 3 is 2.67 bits per heavy atom. The first-order valence-electron chi connectivity index (χ1n) is 6.73. The fraction of sp³-hybridized carbons (Fsp3) is 0.267. The second-order valence-corrected chi connectivity index (χ2v) is 5.10. The van der Waals surface area contributed by atoms with Crippen LogP contribution in [-0.4, -0.2) is 21.5 Å². The number of benzene rings is 1. The summed E-state index contributed by atoms with van der Waals surface area (Å²) in [7, 11) is 0. The number of hydrogen-bond acceptors (Lipinski definition) is 3. The Balaban J connectivity index is 2.03. The molecule has 0 radical (unpaired) electrons.